The van der Waals surface area contributed by atoms with Gasteiger partial charge in [-0.3, -0.25) is 0 Å². The van der Waals surface area contributed by atoms with E-state index in [9.17, 15) is 9.50 Å². The lowest BCUT2D eigenvalue weighted by atomic mass is 9.83. The first-order valence-electron chi connectivity index (χ1n) is 5.06. The van der Waals surface area contributed by atoms with Gasteiger partial charge in [0.25, 0.3) is 0 Å². The molecule has 2 atom stereocenters. The van der Waals surface area contributed by atoms with Gasteiger partial charge in [-0.1, -0.05) is 12.5 Å². The Kier molecular flexibility index (Phi) is 2.77. The number of pyridine rings is 1. The van der Waals surface area contributed by atoms with Gasteiger partial charge in [0.15, 0.2) is 0 Å². The van der Waals surface area contributed by atoms with Crippen LogP contribution in [0.2, 0.25) is 0 Å². The van der Waals surface area contributed by atoms with E-state index in [4.69, 9.17) is 0 Å². The van der Waals surface area contributed by atoms with E-state index in [0.29, 0.717) is 12.0 Å². The first kappa shape index (κ1) is 9.59. The second-order valence-corrected chi connectivity index (χ2v) is 3.90. The highest BCUT2D eigenvalue weighted by atomic mass is 19.1. The van der Waals surface area contributed by atoms with Crippen molar-refractivity contribution in [2.75, 3.05) is 0 Å². The number of rotatable bonds is 1. The van der Waals surface area contributed by atoms with Crippen LogP contribution in [-0.4, -0.2) is 16.2 Å². The summed E-state index contributed by atoms with van der Waals surface area (Å²) in [4.78, 5) is 3.63. The minimum atomic E-state index is -0.383. The largest absolute Gasteiger partial charge is 0.393 e. The Morgan fingerprint density at radius 1 is 1.43 bits per heavy atom. The Bertz CT molecular complexity index is 316. The fourth-order valence-electron chi connectivity index (χ4n) is 2.15. The molecular formula is C11H14FNO. The van der Waals surface area contributed by atoms with Gasteiger partial charge >= 0.3 is 0 Å². The zero-order valence-corrected chi connectivity index (χ0v) is 7.99. The highest BCUT2D eigenvalue weighted by molar-refractivity contribution is 5.17. The number of hydrogen-bond donors (Lipinski definition) is 1. The van der Waals surface area contributed by atoms with Crippen molar-refractivity contribution in [1.82, 2.24) is 4.98 Å². The van der Waals surface area contributed by atoms with Crippen LogP contribution < -0.4 is 0 Å². The number of aliphatic hydroxyl groups excluding tert-OH is 1. The van der Waals surface area contributed by atoms with Crippen LogP contribution in [0.5, 0.6) is 0 Å². The average molecular weight is 195 g/mol. The summed E-state index contributed by atoms with van der Waals surface area (Å²) in [5.41, 5.74) is 0.659. The molecule has 1 aromatic heterocycles. The molecule has 0 saturated heterocycles. The summed E-state index contributed by atoms with van der Waals surface area (Å²) in [6.45, 7) is 0. The predicted molar refractivity (Wildman–Crippen MR) is 51.4 cm³/mol. The predicted octanol–water partition coefficient (Wildman–Crippen LogP) is 2.24. The number of aromatic nitrogens is 1. The van der Waals surface area contributed by atoms with Crippen molar-refractivity contribution in [3.8, 4) is 0 Å². The minimum absolute atomic E-state index is 0.146. The lowest BCUT2D eigenvalue weighted by molar-refractivity contribution is 0.118. The number of hydrogen-bond acceptors (Lipinski definition) is 2. The van der Waals surface area contributed by atoms with Crippen molar-refractivity contribution in [3.05, 3.63) is 29.8 Å². The lowest BCUT2D eigenvalue weighted by Crippen LogP contribution is -2.19. The van der Waals surface area contributed by atoms with Crippen LogP contribution in [0.4, 0.5) is 4.39 Å². The molecule has 1 fully saturated rings. The average Bonchev–Trinajstić information content (AvgIpc) is 2.18. The number of aliphatic hydroxyl groups is 1. The first-order chi connectivity index (χ1) is 6.77. The molecule has 0 amide bonds. The maximum atomic E-state index is 13.3. The van der Waals surface area contributed by atoms with E-state index in [2.05, 4.69) is 4.98 Å². The zero-order chi connectivity index (χ0) is 9.97. The molecule has 0 spiro atoms. The minimum Gasteiger partial charge on any atom is -0.393 e. The van der Waals surface area contributed by atoms with E-state index in [1.54, 1.807) is 12.1 Å². The molecule has 1 N–H and O–H groups in total. The first-order valence-corrected chi connectivity index (χ1v) is 5.06. The highest BCUT2D eigenvalue weighted by Crippen LogP contribution is 2.33. The van der Waals surface area contributed by atoms with E-state index >= 15 is 0 Å². The highest BCUT2D eigenvalue weighted by Gasteiger charge is 2.23. The lowest BCUT2D eigenvalue weighted by Gasteiger charge is -2.25. The Hall–Kier alpha value is -0.960. The quantitative estimate of drug-likeness (QED) is 0.697. The van der Waals surface area contributed by atoms with Crippen LogP contribution in [0.3, 0.4) is 0 Å². The summed E-state index contributed by atoms with van der Waals surface area (Å²) in [7, 11) is 0. The van der Waals surface area contributed by atoms with Crippen LogP contribution in [-0.2, 0) is 0 Å². The van der Waals surface area contributed by atoms with E-state index in [0.717, 1.165) is 19.3 Å². The van der Waals surface area contributed by atoms with Gasteiger partial charge in [-0.15, -0.1) is 0 Å². The van der Waals surface area contributed by atoms with Crippen molar-refractivity contribution in [2.45, 2.75) is 37.7 Å². The third-order valence-corrected chi connectivity index (χ3v) is 2.87. The van der Waals surface area contributed by atoms with Crippen LogP contribution in [0, 0.1) is 5.95 Å². The maximum absolute atomic E-state index is 13.3. The second-order valence-electron chi connectivity index (χ2n) is 3.90. The van der Waals surface area contributed by atoms with Gasteiger partial charge in [0, 0.05) is 11.8 Å². The molecule has 1 aliphatic carbocycles. The molecule has 1 saturated carbocycles. The van der Waals surface area contributed by atoms with Crippen molar-refractivity contribution in [3.63, 3.8) is 0 Å². The molecule has 1 heterocycles. The van der Waals surface area contributed by atoms with E-state index in [1.165, 1.54) is 6.20 Å². The Morgan fingerprint density at radius 3 is 3.00 bits per heavy atom. The van der Waals surface area contributed by atoms with Crippen LogP contribution >= 0.6 is 0 Å². The molecule has 1 aromatic rings. The van der Waals surface area contributed by atoms with Crippen molar-refractivity contribution < 1.29 is 9.50 Å². The SMILES string of the molecule is OC1CCC[C@H](c2cccnc2F)C1. The number of halogens is 1. The summed E-state index contributed by atoms with van der Waals surface area (Å²) < 4.78 is 13.3. The molecule has 3 heteroatoms. The standard InChI is InChI=1S/C11H14FNO/c12-11-10(5-2-6-13-11)8-3-1-4-9(14)7-8/h2,5-6,8-9,14H,1,3-4,7H2/t8-,9?/m0/s1. The summed E-state index contributed by atoms with van der Waals surface area (Å²) in [6.07, 6.45) is 4.63. The van der Waals surface area contributed by atoms with Gasteiger partial charge < -0.3 is 5.11 Å². The normalized spacial score (nSPS) is 27.6. The smallest absolute Gasteiger partial charge is 0.216 e. The molecular weight excluding hydrogens is 181 g/mol. The van der Waals surface area contributed by atoms with Gasteiger partial charge in [-0.05, 0) is 31.2 Å². The molecule has 0 bridgehead atoms. The fourth-order valence-corrected chi connectivity index (χ4v) is 2.15. The molecule has 1 unspecified atom stereocenters. The third kappa shape index (κ3) is 1.93. The fraction of sp³-hybridized carbons (Fsp3) is 0.545. The summed E-state index contributed by atoms with van der Waals surface area (Å²) in [5.74, 6) is -0.237. The zero-order valence-electron chi connectivity index (χ0n) is 7.99. The van der Waals surface area contributed by atoms with E-state index in [1.807, 2.05) is 0 Å². The number of nitrogens with zero attached hydrogens (tertiary/aromatic N) is 1. The van der Waals surface area contributed by atoms with E-state index in [-0.39, 0.29) is 18.0 Å². The van der Waals surface area contributed by atoms with Crippen LogP contribution in [0.1, 0.15) is 37.2 Å². The van der Waals surface area contributed by atoms with Crippen molar-refractivity contribution in [2.24, 2.45) is 0 Å². The molecule has 0 radical (unpaired) electrons. The molecule has 14 heavy (non-hydrogen) atoms. The summed E-state index contributed by atoms with van der Waals surface area (Å²) >= 11 is 0. The second kappa shape index (κ2) is 4.05. The monoisotopic (exact) mass is 195 g/mol. The Balaban J connectivity index is 2.18. The molecule has 1 aliphatic rings. The van der Waals surface area contributed by atoms with Crippen molar-refractivity contribution >= 4 is 0 Å². The maximum Gasteiger partial charge on any atom is 0.216 e. The molecule has 2 rings (SSSR count). The van der Waals surface area contributed by atoms with Crippen LogP contribution in [0.15, 0.2) is 18.3 Å². The van der Waals surface area contributed by atoms with E-state index < -0.39 is 0 Å². The third-order valence-electron chi connectivity index (χ3n) is 2.87. The van der Waals surface area contributed by atoms with Crippen LogP contribution in [0.25, 0.3) is 0 Å². The topological polar surface area (TPSA) is 33.1 Å². The van der Waals surface area contributed by atoms with Gasteiger partial charge in [0.1, 0.15) is 0 Å². The summed E-state index contributed by atoms with van der Waals surface area (Å²) in [5, 5.41) is 9.49. The van der Waals surface area contributed by atoms with Gasteiger partial charge in [0.2, 0.25) is 5.95 Å². The molecule has 0 aromatic carbocycles. The van der Waals surface area contributed by atoms with Gasteiger partial charge in [0.05, 0.1) is 6.10 Å². The molecule has 0 aliphatic heterocycles. The Labute approximate surface area is 82.8 Å². The van der Waals surface area contributed by atoms with Gasteiger partial charge in [-0.25, -0.2) is 4.98 Å². The molecule has 76 valence electrons. The van der Waals surface area contributed by atoms with Gasteiger partial charge in [-0.2, -0.15) is 4.39 Å². The Morgan fingerprint density at radius 2 is 2.29 bits per heavy atom. The van der Waals surface area contributed by atoms with Crippen molar-refractivity contribution in [1.29, 1.82) is 0 Å². The summed E-state index contributed by atoms with van der Waals surface area (Å²) in [6, 6.07) is 3.52. The molecule has 2 nitrogen and oxygen atoms in total.